The zero-order valence-electron chi connectivity index (χ0n) is 8.98. The lowest BCUT2D eigenvalue weighted by Crippen LogP contribution is -2.38. The van der Waals surface area contributed by atoms with E-state index in [1.54, 1.807) is 0 Å². The van der Waals surface area contributed by atoms with E-state index in [1.165, 1.54) is 11.1 Å². The molecule has 1 fully saturated rings. The summed E-state index contributed by atoms with van der Waals surface area (Å²) in [5.74, 6) is 0.988. The fourth-order valence-electron chi connectivity index (χ4n) is 2.28. The maximum absolute atomic E-state index is 8.98. The molecule has 1 aliphatic carbocycles. The van der Waals surface area contributed by atoms with Crippen LogP contribution in [-0.4, -0.2) is 19.3 Å². The van der Waals surface area contributed by atoms with Crippen molar-refractivity contribution in [3.63, 3.8) is 0 Å². The lowest BCUT2D eigenvalue weighted by atomic mass is 10.0. The second-order valence-corrected chi connectivity index (χ2v) is 4.36. The zero-order chi connectivity index (χ0) is 11.0. The third kappa shape index (κ3) is 1.56. The van der Waals surface area contributed by atoms with Gasteiger partial charge in [-0.3, -0.25) is 0 Å². The number of fused-ring (bicyclic) bond motifs is 1. The molecule has 82 valence electrons. The van der Waals surface area contributed by atoms with Gasteiger partial charge in [0.1, 0.15) is 11.9 Å². The van der Waals surface area contributed by atoms with Gasteiger partial charge >= 0.3 is 0 Å². The number of hydrogen-bond acceptors (Lipinski definition) is 3. The van der Waals surface area contributed by atoms with E-state index in [9.17, 15) is 0 Å². The normalized spacial score (nSPS) is 23.3. The number of nitriles is 1. The van der Waals surface area contributed by atoms with Crippen LogP contribution in [0.1, 0.15) is 23.5 Å². The van der Waals surface area contributed by atoms with Crippen molar-refractivity contribution in [3.05, 3.63) is 29.3 Å². The Labute approximate surface area is 94.6 Å². The van der Waals surface area contributed by atoms with Crippen LogP contribution in [0.5, 0.6) is 5.75 Å². The van der Waals surface area contributed by atoms with Crippen LogP contribution in [0, 0.1) is 11.3 Å². The summed E-state index contributed by atoms with van der Waals surface area (Å²) in [5, 5.41) is 8.98. The lowest BCUT2D eigenvalue weighted by Gasteiger charge is -2.26. The molecule has 3 nitrogen and oxygen atoms in total. The Morgan fingerprint density at radius 3 is 2.94 bits per heavy atom. The first-order valence-electron chi connectivity index (χ1n) is 5.63. The molecular formula is C13H13NO2. The number of benzene rings is 1. The summed E-state index contributed by atoms with van der Waals surface area (Å²) in [7, 11) is 0. The Kier molecular flexibility index (Phi) is 2.30. The van der Waals surface area contributed by atoms with Gasteiger partial charge in [-0.2, -0.15) is 5.26 Å². The third-order valence-electron chi connectivity index (χ3n) is 3.26. The lowest BCUT2D eigenvalue weighted by molar-refractivity contribution is -0.0797. The maximum Gasteiger partial charge on any atom is 0.145 e. The Morgan fingerprint density at radius 2 is 2.25 bits per heavy atom. The van der Waals surface area contributed by atoms with Crippen molar-refractivity contribution in [2.24, 2.45) is 0 Å². The van der Waals surface area contributed by atoms with Crippen molar-refractivity contribution >= 4 is 0 Å². The van der Waals surface area contributed by atoms with Gasteiger partial charge in [0.15, 0.2) is 0 Å². The minimum Gasteiger partial charge on any atom is -0.486 e. The molecule has 0 aromatic heterocycles. The molecule has 1 aromatic carbocycles. The van der Waals surface area contributed by atoms with E-state index in [0.29, 0.717) is 13.2 Å². The molecule has 0 saturated carbocycles. The maximum atomic E-state index is 8.98. The number of nitrogens with zero attached hydrogens (tertiary/aromatic N) is 1. The summed E-state index contributed by atoms with van der Waals surface area (Å²) in [6, 6.07) is 8.41. The van der Waals surface area contributed by atoms with Crippen molar-refractivity contribution in [1.82, 2.24) is 0 Å². The Bertz CT molecular complexity index is 446. The van der Waals surface area contributed by atoms with Gasteiger partial charge in [0.25, 0.3) is 0 Å². The predicted octanol–water partition coefficient (Wildman–Crippen LogP) is 2.02. The Hall–Kier alpha value is -1.53. The average Bonchev–Trinajstić information content (AvgIpc) is 2.65. The Morgan fingerprint density at radius 1 is 1.38 bits per heavy atom. The standard InChI is InChI=1S/C13H13NO2/c14-6-10-2-1-9-5-11(3-4-13(9)10)16-12-7-15-8-12/h3-5,10,12H,1-2,7-8H2. The smallest absolute Gasteiger partial charge is 0.145 e. The molecule has 1 aliphatic heterocycles. The van der Waals surface area contributed by atoms with Crippen LogP contribution < -0.4 is 4.74 Å². The van der Waals surface area contributed by atoms with Gasteiger partial charge < -0.3 is 9.47 Å². The molecule has 1 atom stereocenters. The number of ether oxygens (including phenoxy) is 2. The van der Waals surface area contributed by atoms with Crippen molar-refractivity contribution in [2.45, 2.75) is 24.9 Å². The first-order chi connectivity index (χ1) is 7.86. The van der Waals surface area contributed by atoms with Crippen LogP contribution >= 0.6 is 0 Å². The number of rotatable bonds is 2. The van der Waals surface area contributed by atoms with E-state index in [-0.39, 0.29) is 12.0 Å². The summed E-state index contributed by atoms with van der Waals surface area (Å²) in [5.41, 5.74) is 2.45. The second kappa shape index (κ2) is 3.80. The summed E-state index contributed by atoms with van der Waals surface area (Å²) in [4.78, 5) is 0. The van der Waals surface area contributed by atoms with Gasteiger partial charge in [-0.1, -0.05) is 6.07 Å². The van der Waals surface area contributed by atoms with Gasteiger partial charge in [-0.05, 0) is 36.1 Å². The highest BCUT2D eigenvalue weighted by atomic mass is 16.6. The van der Waals surface area contributed by atoms with Crippen molar-refractivity contribution < 1.29 is 9.47 Å². The highest BCUT2D eigenvalue weighted by Gasteiger charge is 2.24. The summed E-state index contributed by atoms with van der Waals surface area (Å²) < 4.78 is 10.8. The molecule has 2 aliphatic rings. The largest absolute Gasteiger partial charge is 0.486 e. The highest BCUT2D eigenvalue weighted by Crippen LogP contribution is 2.35. The minimum absolute atomic E-state index is 0.0797. The molecule has 1 heterocycles. The molecule has 0 N–H and O–H groups in total. The van der Waals surface area contributed by atoms with Crippen molar-refractivity contribution in [1.29, 1.82) is 5.26 Å². The molecule has 16 heavy (non-hydrogen) atoms. The van der Waals surface area contributed by atoms with Crippen molar-refractivity contribution in [3.8, 4) is 11.8 Å². The summed E-state index contributed by atoms with van der Waals surface area (Å²) in [6.07, 6.45) is 2.15. The van der Waals surface area contributed by atoms with E-state index in [4.69, 9.17) is 14.7 Å². The molecule has 3 heteroatoms. The molecule has 1 saturated heterocycles. The fourth-order valence-corrected chi connectivity index (χ4v) is 2.28. The minimum atomic E-state index is 0.0797. The molecule has 1 unspecified atom stereocenters. The monoisotopic (exact) mass is 215 g/mol. The summed E-state index contributed by atoms with van der Waals surface area (Å²) in [6.45, 7) is 1.38. The van der Waals surface area contributed by atoms with E-state index >= 15 is 0 Å². The third-order valence-corrected chi connectivity index (χ3v) is 3.26. The van der Waals surface area contributed by atoms with E-state index in [2.05, 4.69) is 12.1 Å². The molecule has 0 amide bonds. The first-order valence-corrected chi connectivity index (χ1v) is 5.63. The fraction of sp³-hybridized carbons (Fsp3) is 0.462. The quantitative estimate of drug-likeness (QED) is 0.758. The molecule has 0 spiro atoms. The molecule has 0 bridgehead atoms. The predicted molar refractivity (Wildman–Crippen MR) is 58.4 cm³/mol. The second-order valence-electron chi connectivity index (χ2n) is 4.36. The number of aryl methyl sites for hydroxylation is 1. The molecule has 0 radical (unpaired) electrons. The van der Waals surface area contributed by atoms with Crippen LogP contribution in [0.25, 0.3) is 0 Å². The van der Waals surface area contributed by atoms with Gasteiger partial charge in [0.2, 0.25) is 0 Å². The zero-order valence-corrected chi connectivity index (χ0v) is 8.98. The molecular weight excluding hydrogens is 202 g/mol. The topological polar surface area (TPSA) is 42.2 Å². The van der Waals surface area contributed by atoms with E-state index in [0.717, 1.165) is 18.6 Å². The van der Waals surface area contributed by atoms with Gasteiger partial charge in [0, 0.05) is 0 Å². The van der Waals surface area contributed by atoms with Gasteiger partial charge in [-0.25, -0.2) is 0 Å². The Balaban J connectivity index is 1.81. The van der Waals surface area contributed by atoms with Gasteiger partial charge in [0.05, 0.1) is 25.2 Å². The SMILES string of the molecule is N#CC1CCc2cc(OC3COC3)ccc21. The van der Waals surface area contributed by atoms with Crippen LogP contribution in [0.4, 0.5) is 0 Å². The molecule has 3 rings (SSSR count). The molecule has 1 aromatic rings. The first kappa shape index (κ1) is 9.68. The number of hydrogen-bond donors (Lipinski definition) is 0. The summed E-state index contributed by atoms with van der Waals surface area (Å²) >= 11 is 0. The average molecular weight is 215 g/mol. The van der Waals surface area contributed by atoms with Crippen LogP contribution in [0.3, 0.4) is 0 Å². The van der Waals surface area contributed by atoms with Crippen LogP contribution in [0.15, 0.2) is 18.2 Å². The van der Waals surface area contributed by atoms with Gasteiger partial charge in [-0.15, -0.1) is 0 Å². The van der Waals surface area contributed by atoms with Crippen molar-refractivity contribution in [2.75, 3.05) is 13.2 Å². The van der Waals surface area contributed by atoms with Crippen LogP contribution in [-0.2, 0) is 11.2 Å². The highest BCUT2D eigenvalue weighted by molar-refractivity contribution is 5.43. The van der Waals surface area contributed by atoms with E-state index < -0.39 is 0 Å². The van der Waals surface area contributed by atoms with Crippen LogP contribution in [0.2, 0.25) is 0 Å². The van der Waals surface area contributed by atoms with E-state index in [1.807, 2.05) is 12.1 Å².